The Morgan fingerprint density at radius 3 is 2.74 bits per heavy atom. The van der Waals surface area contributed by atoms with Crippen LogP contribution in [-0.2, 0) is 11.3 Å². The zero-order valence-electron chi connectivity index (χ0n) is 16.8. The van der Waals surface area contributed by atoms with Crippen LogP contribution in [0, 0.1) is 5.82 Å². The molecule has 4 aromatic rings. The van der Waals surface area contributed by atoms with E-state index in [4.69, 9.17) is 9.15 Å². The summed E-state index contributed by atoms with van der Waals surface area (Å²) >= 11 is 0. The second kappa shape index (κ2) is 8.22. The van der Waals surface area contributed by atoms with E-state index < -0.39 is 0 Å². The molecule has 31 heavy (non-hydrogen) atoms. The first-order valence-corrected chi connectivity index (χ1v) is 10.3. The first-order valence-electron chi connectivity index (χ1n) is 10.3. The van der Waals surface area contributed by atoms with E-state index in [1.54, 1.807) is 11.0 Å². The molecule has 156 valence electrons. The van der Waals surface area contributed by atoms with Gasteiger partial charge in [0.05, 0.1) is 0 Å². The topological polar surface area (TPSA) is 55.6 Å². The predicted octanol–water partition coefficient (Wildman–Crippen LogP) is 6.11. The van der Waals surface area contributed by atoms with Gasteiger partial charge in [0.1, 0.15) is 24.0 Å². The van der Waals surface area contributed by atoms with E-state index in [2.05, 4.69) is 4.98 Å². The Kier molecular flexibility index (Phi) is 5.12. The number of benzene rings is 3. The predicted molar refractivity (Wildman–Crippen MR) is 115 cm³/mol. The van der Waals surface area contributed by atoms with Crippen molar-refractivity contribution in [1.82, 2.24) is 9.88 Å². The van der Waals surface area contributed by atoms with Gasteiger partial charge in [-0.25, -0.2) is 14.2 Å². The van der Waals surface area contributed by atoms with Gasteiger partial charge in [0.15, 0.2) is 5.58 Å². The molecule has 0 bridgehead atoms. The first-order chi connectivity index (χ1) is 15.2. The fourth-order valence-electron chi connectivity index (χ4n) is 3.98. The number of halogens is 1. The monoisotopic (exact) mass is 416 g/mol. The molecule has 0 radical (unpaired) electrons. The Morgan fingerprint density at radius 2 is 1.90 bits per heavy atom. The molecule has 1 saturated heterocycles. The van der Waals surface area contributed by atoms with Crippen LogP contribution >= 0.6 is 0 Å². The number of ether oxygens (including phenoxy) is 1. The maximum atomic E-state index is 13.6. The fraction of sp³-hybridized carbons (Fsp3) is 0.200. The van der Waals surface area contributed by atoms with Crippen LogP contribution in [0.2, 0.25) is 0 Å². The van der Waals surface area contributed by atoms with Crippen LogP contribution in [0.4, 0.5) is 9.18 Å². The lowest BCUT2D eigenvalue weighted by Crippen LogP contribution is -2.31. The van der Waals surface area contributed by atoms with E-state index in [0.29, 0.717) is 23.5 Å². The molecule has 1 aliphatic heterocycles. The minimum Gasteiger partial charge on any atom is -0.445 e. The Labute approximate surface area is 179 Å². The average Bonchev–Trinajstić information content (AvgIpc) is 3.44. The zero-order chi connectivity index (χ0) is 21.2. The number of rotatable bonds is 4. The number of carbonyl (C=O) groups excluding carboxylic acids is 1. The second-order valence-electron chi connectivity index (χ2n) is 7.64. The molecule has 5 nitrogen and oxygen atoms in total. The van der Waals surface area contributed by atoms with Crippen LogP contribution in [0.5, 0.6) is 0 Å². The third-order valence-corrected chi connectivity index (χ3v) is 5.54. The summed E-state index contributed by atoms with van der Waals surface area (Å²) in [5, 5.41) is 0. The van der Waals surface area contributed by atoms with Crippen LogP contribution < -0.4 is 0 Å². The quantitative estimate of drug-likeness (QED) is 0.403. The molecule has 1 atom stereocenters. The molecule has 1 amide bonds. The molecule has 0 aliphatic carbocycles. The number of nitrogens with zero attached hydrogens (tertiary/aromatic N) is 2. The Hall–Kier alpha value is -3.67. The maximum absolute atomic E-state index is 13.6. The summed E-state index contributed by atoms with van der Waals surface area (Å²) in [5.41, 5.74) is 3.90. The molecule has 0 N–H and O–H groups in total. The number of hydrogen-bond acceptors (Lipinski definition) is 4. The average molecular weight is 416 g/mol. The SMILES string of the molecule is O=C(OCc1ccccc1)N1CCCC1c1nc2cc(-c3cccc(F)c3)ccc2o1. The molecule has 0 spiro atoms. The van der Waals surface area contributed by atoms with E-state index in [1.165, 1.54) is 12.1 Å². The minimum absolute atomic E-state index is 0.230. The van der Waals surface area contributed by atoms with Gasteiger partial charge >= 0.3 is 6.09 Å². The highest BCUT2D eigenvalue weighted by Gasteiger charge is 2.34. The van der Waals surface area contributed by atoms with Crippen molar-refractivity contribution in [3.63, 3.8) is 0 Å². The van der Waals surface area contributed by atoms with Crippen molar-refractivity contribution < 1.29 is 18.3 Å². The van der Waals surface area contributed by atoms with Crippen LogP contribution in [0.3, 0.4) is 0 Å². The van der Waals surface area contributed by atoms with Gasteiger partial charge in [0, 0.05) is 6.54 Å². The fourth-order valence-corrected chi connectivity index (χ4v) is 3.98. The number of fused-ring (bicyclic) bond motifs is 1. The van der Waals surface area contributed by atoms with E-state index in [9.17, 15) is 9.18 Å². The summed E-state index contributed by atoms with van der Waals surface area (Å²) in [7, 11) is 0. The molecule has 2 heterocycles. The third-order valence-electron chi connectivity index (χ3n) is 5.54. The molecular weight excluding hydrogens is 395 g/mol. The highest BCUT2D eigenvalue weighted by molar-refractivity contribution is 5.80. The van der Waals surface area contributed by atoms with Gasteiger partial charge in [-0.3, -0.25) is 4.90 Å². The Balaban J connectivity index is 1.36. The Bertz CT molecular complexity index is 1220. The van der Waals surface area contributed by atoms with Gasteiger partial charge in [-0.05, 0) is 53.8 Å². The van der Waals surface area contributed by atoms with Gasteiger partial charge < -0.3 is 9.15 Å². The smallest absolute Gasteiger partial charge is 0.410 e. The lowest BCUT2D eigenvalue weighted by Gasteiger charge is -2.21. The van der Waals surface area contributed by atoms with Crippen molar-refractivity contribution in [3.8, 4) is 11.1 Å². The molecule has 0 saturated carbocycles. The largest absolute Gasteiger partial charge is 0.445 e. The van der Waals surface area contributed by atoms with Crippen molar-refractivity contribution in [2.45, 2.75) is 25.5 Å². The molecule has 1 aliphatic rings. The summed E-state index contributed by atoms with van der Waals surface area (Å²) in [6.45, 7) is 0.832. The standard InChI is InChI=1S/C25H21FN2O3/c26-20-9-4-8-18(14-20)19-11-12-23-21(15-19)27-24(31-23)22-10-5-13-28(22)25(29)30-16-17-6-2-1-3-7-17/h1-4,6-9,11-12,14-15,22H,5,10,13,16H2. The van der Waals surface area contributed by atoms with Gasteiger partial charge in [0.25, 0.3) is 0 Å². The third kappa shape index (κ3) is 4.01. The molecular formula is C25H21FN2O3. The number of carbonyl (C=O) groups is 1. The summed E-state index contributed by atoms with van der Waals surface area (Å²) in [6.07, 6.45) is 1.26. The molecule has 1 aromatic heterocycles. The molecule has 5 rings (SSSR count). The number of oxazole rings is 1. The highest BCUT2D eigenvalue weighted by atomic mass is 19.1. The summed E-state index contributed by atoms with van der Waals surface area (Å²) < 4.78 is 25.1. The summed E-state index contributed by atoms with van der Waals surface area (Å²) in [5.74, 6) is 0.217. The van der Waals surface area contributed by atoms with E-state index >= 15 is 0 Å². The maximum Gasteiger partial charge on any atom is 0.410 e. The van der Waals surface area contributed by atoms with Crippen molar-refractivity contribution >= 4 is 17.2 Å². The number of hydrogen-bond donors (Lipinski definition) is 0. The normalized spacial score (nSPS) is 16.0. The highest BCUT2D eigenvalue weighted by Crippen LogP contribution is 2.34. The lowest BCUT2D eigenvalue weighted by atomic mass is 10.1. The van der Waals surface area contributed by atoms with Crippen molar-refractivity contribution in [2.75, 3.05) is 6.54 Å². The molecule has 3 aromatic carbocycles. The van der Waals surface area contributed by atoms with Crippen LogP contribution in [0.15, 0.2) is 77.2 Å². The van der Waals surface area contributed by atoms with Crippen LogP contribution in [-0.4, -0.2) is 22.5 Å². The van der Waals surface area contributed by atoms with E-state index in [0.717, 1.165) is 29.5 Å². The van der Waals surface area contributed by atoms with E-state index in [1.807, 2.05) is 54.6 Å². The van der Waals surface area contributed by atoms with Crippen molar-refractivity contribution in [2.24, 2.45) is 0 Å². The number of amides is 1. The summed E-state index contributed by atoms with van der Waals surface area (Å²) in [6, 6.07) is 21.4. The Morgan fingerprint density at radius 1 is 1.06 bits per heavy atom. The lowest BCUT2D eigenvalue weighted by molar-refractivity contribution is 0.0881. The molecule has 1 fully saturated rings. The van der Waals surface area contributed by atoms with Crippen molar-refractivity contribution in [3.05, 3.63) is 90.1 Å². The molecule has 1 unspecified atom stereocenters. The van der Waals surface area contributed by atoms with E-state index in [-0.39, 0.29) is 24.6 Å². The first kappa shape index (κ1) is 19.3. The van der Waals surface area contributed by atoms with Gasteiger partial charge in [0.2, 0.25) is 5.89 Å². The van der Waals surface area contributed by atoms with Gasteiger partial charge in [-0.2, -0.15) is 0 Å². The zero-order valence-corrected chi connectivity index (χ0v) is 16.8. The van der Waals surface area contributed by atoms with Crippen LogP contribution in [0.1, 0.15) is 30.3 Å². The number of likely N-dealkylation sites (tertiary alicyclic amines) is 1. The summed E-state index contributed by atoms with van der Waals surface area (Å²) in [4.78, 5) is 19.0. The van der Waals surface area contributed by atoms with Gasteiger partial charge in [-0.1, -0.05) is 48.5 Å². The van der Waals surface area contributed by atoms with Crippen molar-refractivity contribution in [1.29, 1.82) is 0 Å². The second-order valence-corrected chi connectivity index (χ2v) is 7.64. The molecule has 6 heteroatoms. The van der Waals surface area contributed by atoms with Gasteiger partial charge in [-0.15, -0.1) is 0 Å². The number of aromatic nitrogens is 1. The van der Waals surface area contributed by atoms with Crippen LogP contribution in [0.25, 0.3) is 22.2 Å². The minimum atomic E-state index is -0.367.